The number of hydrogen-bond donors (Lipinski definition) is 4. The van der Waals surface area contributed by atoms with Gasteiger partial charge in [0.15, 0.2) is 11.9 Å². The predicted octanol–water partition coefficient (Wildman–Crippen LogP) is 2.60. The number of benzene rings is 2. The van der Waals surface area contributed by atoms with Crippen molar-refractivity contribution in [3.63, 3.8) is 0 Å². The monoisotopic (exact) mass is 599 g/mol. The normalized spacial score (nSPS) is 12.0. The molecule has 0 saturated carbocycles. The van der Waals surface area contributed by atoms with E-state index >= 15 is 8.78 Å². The molecule has 1 unspecified atom stereocenters. The van der Waals surface area contributed by atoms with Crippen LogP contribution in [0.15, 0.2) is 47.4 Å². The van der Waals surface area contributed by atoms with Crippen LogP contribution < -0.4 is 20.8 Å². The van der Waals surface area contributed by atoms with E-state index in [1.165, 1.54) is 25.2 Å². The van der Waals surface area contributed by atoms with Crippen molar-refractivity contribution in [2.75, 3.05) is 16.6 Å². The summed E-state index contributed by atoms with van der Waals surface area (Å²) in [6.07, 6.45) is 1.02. The molecule has 0 aliphatic rings. The lowest BCUT2D eigenvalue weighted by atomic mass is 10.0. The van der Waals surface area contributed by atoms with E-state index in [0.717, 1.165) is 22.4 Å². The molecule has 4 rings (SSSR count). The zero-order valence-electron chi connectivity index (χ0n) is 22.9. The molecule has 0 saturated heterocycles. The maximum atomic E-state index is 15.6. The Kier molecular flexibility index (Phi) is 8.29. The fourth-order valence-corrected chi connectivity index (χ4v) is 5.91. The number of carboxylic acid groups (broad SMARTS) is 1. The minimum absolute atomic E-state index is 0.0276. The third-order valence-electron chi connectivity index (χ3n) is 6.71. The van der Waals surface area contributed by atoms with Gasteiger partial charge in [0.25, 0.3) is 5.91 Å². The maximum absolute atomic E-state index is 15.6. The molecule has 0 spiro atoms. The highest BCUT2D eigenvalue weighted by Gasteiger charge is 2.31. The molecule has 2 heterocycles. The number of pyridine rings is 2. The number of aromatic nitrogens is 2. The Morgan fingerprint density at radius 3 is 2.36 bits per heavy atom. The largest absolute Gasteiger partial charge is 0.480 e. The van der Waals surface area contributed by atoms with Gasteiger partial charge in [0.1, 0.15) is 17.2 Å². The number of nitrogens with one attached hydrogen (secondary N) is 1. The van der Waals surface area contributed by atoms with Gasteiger partial charge in [0.05, 0.1) is 34.4 Å². The first kappa shape index (κ1) is 30.1. The fourth-order valence-electron chi connectivity index (χ4n) is 5.02. The molecule has 220 valence electrons. The molecular formula is C28H27F2N5O6S. The maximum Gasteiger partial charge on any atom is 0.329 e. The Morgan fingerprint density at radius 1 is 1.14 bits per heavy atom. The van der Waals surface area contributed by atoms with Gasteiger partial charge in [-0.3, -0.25) is 13.9 Å². The lowest BCUT2D eigenvalue weighted by Gasteiger charge is -2.28. The van der Waals surface area contributed by atoms with Crippen LogP contribution in [0, 0.1) is 32.4 Å². The number of nitrogens with zero attached hydrogens (tertiary/aromatic N) is 3. The summed E-state index contributed by atoms with van der Waals surface area (Å²) < 4.78 is 57.0. The number of carbonyl (C=O) groups is 2. The van der Waals surface area contributed by atoms with Crippen molar-refractivity contribution in [2.45, 2.75) is 26.8 Å². The van der Waals surface area contributed by atoms with Gasteiger partial charge in [-0.25, -0.2) is 27.0 Å². The summed E-state index contributed by atoms with van der Waals surface area (Å²) in [5.41, 5.74) is 5.17. The molecule has 0 fully saturated rings. The lowest BCUT2D eigenvalue weighted by molar-refractivity contribution is -0.138. The molecule has 1 atom stereocenters. The molecule has 2 aromatic carbocycles. The van der Waals surface area contributed by atoms with E-state index in [4.69, 9.17) is 5.73 Å². The van der Waals surface area contributed by atoms with Gasteiger partial charge in [-0.2, -0.15) is 0 Å². The van der Waals surface area contributed by atoms with Gasteiger partial charge < -0.3 is 20.7 Å². The van der Waals surface area contributed by atoms with Crippen LogP contribution in [-0.4, -0.2) is 47.5 Å². The first-order valence-corrected chi connectivity index (χ1v) is 13.6. The number of nitrogen functional groups attached to an aromatic ring is 1. The number of aliphatic carboxylic acids is 1. The SMILES string of the molecule is Cc1cc(C)c(N(C(CNC(=O)c2cn(C)c3c(F)c(-c4cccc(N)n4)c(F)cc3c2=O)C(=O)O)[SH](=O)=O)c(C)c1. The van der Waals surface area contributed by atoms with Crippen LogP contribution in [0.25, 0.3) is 22.2 Å². The topological polar surface area (TPSA) is 165 Å². The van der Waals surface area contributed by atoms with Crippen LogP contribution >= 0.6 is 0 Å². The van der Waals surface area contributed by atoms with E-state index in [-0.39, 0.29) is 22.7 Å². The number of fused-ring (bicyclic) bond motifs is 1. The second-order valence-electron chi connectivity index (χ2n) is 9.77. The zero-order valence-corrected chi connectivity index (χ0v) is 23.8. The van der Waals surface area contributed by atoms with Gasteiger partial charge >= 0.3 is 5.97 Å². The summed E-state index contributed by atoms with van der Waals surface area (Å²) in [5, 5.41) is 11.7. The van der Waals surface area contributed by atoms with Gasteiger partial charge in [0.2, 0.25) is 16.3 Å². The third-order valence-corrected chi connectivity index (χ3v) is 7.54. The van der Waals surface area contributed by atoms with Crippen molar-refractivity contribution in [3.8, 4) is 11.3 Å². The second kappa shape index (κ2) is 11.6. The minimum atomic E-state index is -3.47. The number of rotatable bonds is 8. The molecule has 0 bridgehead atoms. The van der Waals surface area contributed by atoms with Crippen LogP contribution in [-0.2, 0) is 22.7 Å². The highest BCUT2D eigenvalue weighted by atomic mass is 32.2. The average Bonchev–Trinajstić information content (AvgIpc) is 2.88. The minimum Gasteiger partial charge on any atom is -0.480 e. The van der Waals surface area contributed by atoms with Crippen molar-refractivity contribution >= 4 is 45.2 Å². The molecule has 0 radical (unpaired) electrons. The number of amides is 1. The second-order valence-corrected chi connectivity index (χ2v) is 10.7. The van der Waals surface area contributed by atoms with Gasteiger partial charge in [-0.15, -0.1) is 0 Å². The molecule has 0 aliphatic heterocycles. The summed E-state index contributed by atoms with van der Waals surface area (Å²) >= 11 is 0. The highest BCUT2D eigenvalue weighted by molar-refractivity contribution is 7.74. The summed E-state index contributed by atoms with van der Waals surface area (Å²) in [6, 6.07) is 6.65. The molecule has 4 N–H and O–H groups in total. The lowest BCUT2D eigenvalue weighted by Crippen LogP contribution is -2.49. The smallest absolute Gasteiger partial charge is 0.329 e. The van der Waals surface area contributed by atoms with Crippen LogP contribution in [0.3, 0.4) is 0 Å². The first-order valence-electron chi connectivity index (χ1n) is 12.5. The summed E-state index contributed by atoms with van der Waals surface area (Å²) in [5.74, 6) is -4.80. The molecule has 0 aliphatic carbocycles. The van der Waals surface area contributed by atoms with Gasteiger partial charge in [-0.1, -0.05) is 23.8 Å². The van der Waals surface area contributed by atoms with E-state index < -0.39 is 68.9 Å². The number of carboxylic acids is 1. The molecular weight excluding hydrogens is 572 g/mol. The zero-order chi connectivity index (χ0) is 31.0. The standard InChI is InChI=1S/C28H27F2N5O6S/c1-13-8-14(2)24(15(3)9-13)35(42(40)41)20(28(38)39)11-32-27(37)17-12-34(4)25-16(26(17)36)10-18(29)22(23(25)30)19-6-5-7-21(31)33-19/h5-10,12,20,42H,11H2,1-4H3,(H2,31,33)(H,32,37)(H,38,39). The number of aryl methyl sites for hydroxylation is 4. The summed E-state index contributed by atoms with van der Waals surface area (Å²) in [6.45, 7) is 4.35. The molecule has 42 heavy (non-hydrogen) atoms. The van der Waals surface area contributed by atoms with Crippen molar-refractivity contribution in [1.29, 1.82) is 0 Å². The third kappa shape index (κ3) is 5.52. The Bertz CT molecular complexity index is 1880. The highest BCUT2D eigenvalue weighted by Crippen LogP contribution is 2.31. The van der Waals surface area contributed by atoms with E-state index in [1.807, 2.05) is 0 Å². The number of anilines is 2. The number of halogens is 2. The van der Waals surface area contributed by atoms with Gasteiger partial charge in [-0.05, 0) is 50.1 Å². The van der Waals surface area contributed by atoms with Crippen LogP contribution in [0.5, 0.6) is 0 Å². The fraction of sp³-hybridized carbons (Fsp3) is 0.214. The number of nitrogens with two attached hydrogens (primary N) is 1. The molecule has 11 nitrogen and oxygen atoms in total. The van der Waals surface area contributed by atoms with E-state index in [9.17, 15) is 27.9 Å². The van der Waals surface area contributed by atoms with E-state index in [2.05, 4.69) is 10.3 Å². The Morgan fingerprint density at radius 2 is 1.79 bits per heavy atom. The van der Waals surface area contributed by atoms with Crippen LogP contribution in [0.1, 0.15) is 27.0 Å². The van der Waals surface area contributed by atoms with Crippen molar-refractivity contribution in [2.24, 2.45) is 7.05 Å². The quantitative estimate of drug-likeness (QED) is 0.225. The van der Waals surface area contributed by atoms with Crippen molar-refractivity contribution in [3.05, 3.63) is 86.7 Å². The summed E-state index contributed by atoms with van der Waals surface area (Å²) in [4.78, 5) is 42.4. The Balaban J connectivity index is 1.72. The first-order chi connectivity index (χ1) is 19.7. The average molecular weight is 600 g/mol. The van der Waals surface area contributed by atoms with Crippen LogP contribution in [0.2, 0.25) is 0 Å². The van der Waals surface area contributed by atoms with E-state index in [0.29, 0.717) is 15.4 Å². The van der Waals surface area contributed by atoms with E-state index in [1.54, 1.807) is 32.9 Å². The Labute approximate surface area is 240 Å². The molecule has 2 aromatic heterocycles. The summed E-state index contributed by atoms with van der Waals surface area (Å²) in [7, 11) is -2.13. The number of thiol groups is 1. The molecule has 14 heteroatoms. The van der Waals surface area contributed by atoms with Crippen molar-refractivity contribution in [1.82, 2.24) is 14.9 Å². The molecule has 4 aromatic rings. The van der Waals surface area contributed by atoms with Crippen molar-refractivity contribution < 1.29 is 31.9 Å². The molecule has 1 amide bonds. The Hall–Kier alpha value is -4.85. The predicted molar refractivity (Wildman–Crippen MR) is 154 cm³/mol. The number of carbonyl (C=O) groups excluding carboxylic acids is 1. The van der Waals surface area contributed by atoms with Gasteiger partial charge in [0, 0.05) is 13.2 Å². The number of hydrogen-bond acceptors (Lipinski definition) is 7. The van der Waals surface area contributed by atoms with Crippen LogP contribution in [0.4, 0.5) is 20.3 Å².